The normalized spacial score (nSPS) is 17.9. The molecule has 8 heteroatoms. The monoisotopic (exact) mass is 434 g/mol. The second-order valence-electron chi connectivity index (χ2n) is 8.32. The van der Waals surface area contributed by atoms with Gasteiger partial charge in [0.2, 0.25) is 0 Å². The Hall–Kier alpha value is -1.90. The Labute approximate surface area is 178 Å². The van der Waals surface area contributed by atoms with Crippen molar-refractivity contribution in [1.29, 1.82) is 0 Å². The zero-order chi connectivity index (χ0) is 22.3. The van der Waals surface area contributed by atoms with Gasteiger partial charge in [-0.3, -0.25) is 0 Å². The first-order chi connectivity index (χ1) is 13.9. The molecule has 0 N–H and O–H groups in total. The van der Waals surface area contributed by atoms with Crippen LogP contribution in [-0.2, 0) is 19.1 Å². The summed E-state index contributed by atoms with van der Waals surface area (Å²) in [6.45, 7) is 11.5. The summed E-state index contributed by atoms with van der Waals surface area (Å²) >= 11 is 0. The van der Waals surface area contributed by atoms with Gasteiger partial charge in [0.25, 0.3) is 0 Å². The lowest BCUT2D eigenvalue weighted by atomic mass is 9.78. The fourth-order valence-corrected chi connectivity index (χ4v) is 4.13. The lowest BCUT2D eigenvalue weighted by molar-refractivity contribution is 0.00578. The maximum atomic E-state index is 14.8. The molecule has 0 amide bonds. The van der Waals surface area contributed by atoms with Crippen LogP contribution in [0, 0.1) is 5.82 Å². The maximum absolute atomic E-state index is 14.8. The highest BCUT2D eigenvalue weighted by Gasteiger charge is 2.51. The zero-order valence-electron chi connectivity index (χ0n) is 18.3. The summed E-state index contributed by atoms with van der Waals surface area (Å²) in [7, 11) is -4.04. The Morgan fingerprint density at radius 2 is 1.60 bits per heavy atom. The molecule has 3 rings (SSSR count). The first kappa shape index (κ1) is 22.8. The van der Waals surface area contributed by atoms with Crippen LogP contribution in [0.3, 0.4) is 0 Å². The fraction of sp³-hybridized carbons (Fsp3) is 0.455. The molecule has 1 heterocycles. The molecular formula is C22H28BFO5S. The number of hydrogen-bond acceptors (Lipinski definition) is 5. The molecule has 2 aromatic carbocycles. The van der Waals surface area contributed by atoms with E-state index in [4.69, 9.17) is 14.0 Å². The molecule has 5 nitrogen and oxygen atoms in total. The van der Waals surface area contributed by atoms with E-state index in [1.165, 1.54) is 18.2 Å². The second kappa shape index (κ2) is 7.98. The molecule has 30 heavy (non-hydrogen) atoms. The van der Waals surface area contributed by atoms with E-state index in [0.29, 0.717) is 28.9 Å². The van der Waals surface area contributed by atoms with Crippen LogP contribution < -0.4 is 10.2 Å². The van der Waals surface area contributed by atoms with Gasteiger partial charge in [-0.05, 0) is 64.3 Å². The smallest absolute Gasteiger partial charge is 0.493 e. The molecule has 1 fully saturated rings. The summed E-state index contributed by atoms with van der Waals surface area (Å²) in [5.74, 6) is -0.150. The lowest BCUT2D eigenvalue weighted by Gasteiger charge is -2.32. The summed E-state index contributed by atoms with van der Waals surface area (Å²) in [5, 5.41) is 0. The fourth-order valence-electron chi connectivity index (χ4n) is 3.24. The highest BCUT2D eigenvalue weighted by atomic mass is 32.2. The first-order valence-corrected chi connectivity index (χ1v) is 11.7. The average Bonchev–Trinajstić information content (AvgIpc) is 2.90. The predicted molar refractivity (Wildman–Crippen MR) is 116 cm³/mol. The van der Waals surface area contributed by atoms with Gasteiger partial charge >= 0.3 is 7.12 Å². The average molecular weight is 434 g/mol. The first-order valence-electron chi connectivity index (χ1n) is 10.1. The number of halogens is 1. The van der Waals surface area contributed by atoms with Gasteiger partial charge in [0.1, 0.15) is 11.6 Å². The van der Waals surface area contributed by atoms with Crippen LogP contribution in [-0.4, -0.2) is 39.1 Å². The Bertz CT molecular complexity index is 1030. The van der Waals surface area contributed by atoms with Crippen molar-refractivity contribution in [2.75, 3.05) is 12.4 Å². The van der Waals surface area contributed by atoms with Gasteiger partial charge in [0.15, 0.2) is 9.84 Å². The van der Waals surface area contributed by atoms with E-state index in [9.17, 15) is 12.8 Å². The third-order valence-electron chi connectivity index (χ3n) is 5.80. The van der Waals surface area contributed by atoms with E-state index >= 15 is 0 Å². The van der Waals surface area contributed by atoms with Crippen LogP contribution in [0.4, 0.5) is 4.39 Å². The van der Waals surface area contributed by atoms with Crippen molar-refractivity contribution in [1.82, 2.24) is 0 Å². The van der Waals surface area contributed by atoms with Gasteiger partial charge in [-0.15, -0.1) is 0 Å². The van der Waals surface area contributed by atoms with Gasteiger partial charge in [-0.1, -0.05) is 19.1 Å². The zero-order valence-corrected chi connectivity index (χ0v) is 19.1. The highest BCUT2D eigenvalue weighted by Crippen LogP contribution is 2.38. The van der Waals surface area contributed by atoms with E-state index in [1.807, 2.05) is 27.7 Å². The van der Waals surface area contributed by atoms with Gasteiger partial charge < -0.3 is 14.0 Å². The van der Waals surface area contributed by atoms with Gasteiger partial charge in [0.05, 0.1) is 28.5 Å². The molecule has 0 atom stereocenters. The quantitative estimate of drug-likeness (QED) is 0.644. The summed E-state index contributed by atoms with van der Waals surface area (Å²) in [5.41, 5.74) is 0.421. The molecule has 0 saturated carbocycles. The predicted octanol–water partition coefficient (Wildman–Crippen LogP) is 3.98. The largest absolute Gasteiger partial charge is 0.494 e. The third-order valence-corrected chi connectivity index (χ3v) is 7.53. The molecule has 0 radical (unpaired) electrons. The van der Waals surface area contributed by atoms with E-state index < -0.39 is 34.0 Å². The van der Waals surface area contributed by atoms with Crippen molar-refractivity contribution in [3.05, 3.63) is 42.2 Å². The van der Waals surface area contributed by atoms with E-state index in [-0.39, 0.29) is 10.6 Å². The SMILES string of the molecule is CCOc1cc(S(=O)(=O)CC)ccc1-c1cc(B2OC(C)(C)C(C)(C)O2)ccc1F. The van der Waals surface area contributed by atoms with Crippen molar-refractivity contribution in [3.8, 4) is 16.9 Å². The minimum Gasteiger partial charge on any atom is -0.493 e. The third kappa shape index (κ3) is 4.13. The maximum Gasteiger partial charge on any atom is 0.494 e. The highest BCUT2D eigenvalue weighted by molar-refractivity contribution is 7.91. The Kier molecular flexibility index (Phi) is 6.06. The van der Waals surface area contributed by atoms with Crippen molar-refractivity contribution in [2.45, 2.75) is 57.6 Å². The Balaban J connectivity index is 2.07. The van der Waals surface area contributed by atoms with E-state index in [0.717, 1.165) is 0 Å². The van der Waals surface area contributed by atoms with Crippen LogP contribution in [0.2, 0.25) is 0 Å². The number of benzene rings is 2. The van der Waals surface area contributed by atoms with Crippen molar-refractivity contribution >= 4 is 22.4 Å². The van der Waals surface area contributed by atoms with Crippen LogP contribution in [0.25, 0.3) is 11.1 Å². The Morgan fingerprint density at radius 1 is 0.967 bits per heavy atom. The van der Waals surface area contributed by atoms with Gasteiger partial charge in [-0.2, -0.15) is 0 Å². The molecule has 1 aliphatic heterocycles. The van der Waals surface area contributed by atoms with E-state index in [2.05, 4.69) is 0 Å². The van der Waals surface area contributed by atoms with Gasteiger partial charge in [-0.25, -0.2) is 12.8 Å². The van der Waals surface area contributed by atoms with Crippen LogP contribution in [0.5, 0.6) is 5.75 Å². The minimum absolute atomic E-state index is 0.0241. The van der Waals surface area contributed by atoms with Gasteiger partial charge in [0, 0.05) is 11.1 Å². The van der Waals surface area contributed by atoms with Crippen LogP contribution in [0.1, 0.15) is 41.5 Å². The molecule has 0 spiro atoms. The standard InChI is InChI=1S/C22H28BFO5S/c1-7-27-20-14-16(30(25,26)8-2)10-11-17(20)18-13-15(9-12-19(18)24)23-28-21(3,4)22(5,6)29-23/h9-14H,7-8H2,1-6H3. The molecule has 0 bridgehead atoms. The molecule has 162 valence electrons. The van der Waals surface area contributed by atoms with Crippen molar-refractivity contribution in [2.24, 2.45) is 0 Å². The second-order valence-corrected chi connectivity index (χ2v) is 10.6. The topological polar surface area (TPSA) is 61.8 Å². The minimum atomic E-state index is -3.41. The molecule has 0 aromatic heterocycles. The molecule has 1 saturated heterocycles. The number of rotatable bonds is 6. The molecule has 0 aliphatic carbocycles. The molecular weight excluding hydrogens is 406 g/mol. The summed E-state index contributed by atoms with van der Waals surface area (Å²) < 4.78 is 57.2. The number of ether oxygens (including phenoxy) is 1. The summed E-state index contributed by atoms with van der Waals surface area (Å²) in [4.78, 5) is 0.153. The van der Waals surface area contributed by atoms with Crippen LogP contribution in [0.15, 0.2) is 41.3 Å². The van der Waals surface area contributed by atoms with Crippen molar-refractivity contribution in [3.63, 3.8) is 0 Å². The van der Waals surface area contributed by atoms with Crippen LogP contribution >= 0.6 is 0 Å². The van der Waals surface area contributed by atoms with E-state index in [1.54, 1.807) is 32.0 Å². The molecule has 2 aromatic rings. The number of hydrogen-bond donors (Lipinski definition) is 0. The lowest BCUT2D eigenvalue weighted by Crippen LogP contribution is -2.41. The summed E-state index contributed by atoms with van der Waals surface area (Å²) in [6.07, 6.45) is 0. The molecule has 0 unspecified atom stereocenters. The van der Waals surface area contributed by atoms with Crippen molar-refractivity contribution < 1.29 is 26.9 Å². The molecule has 1 aliphatic rings. The summed E-state index contributed by atoms with van der Waals surface area (Å²) in [6, 6.07) is 9.19. The number of sulfone groups is 1. The Morgan fingerprint density at radius 3 is 2.17 bits per heavy atom.